The maximum atomic E-state index is 13.2. The van der Waals surface area contributed by atoms with Crippen LogP contribution in [0.15, 0.2) is 30.5 Å². The van der Waals surface area contributed by atoms with Gasteiger partial charge in [-0.15, -0.1) is 0 Å². The first-order valence-electron chi connectivity index (χ1n) is 11.2. The van der Waals surface area contributed by atoms with E-state index in [1.165, 1.54) is 0 Å². The van der Waals surface area contributed by atoms with Crippen LogP contribution in [0.1, 0.15) is 38.3 Å². The predicted molar refractivity (Wildman–Crippen MR) is 121 cm³/mol. The van der Waals surface area contributed by atoms with Gasteiger partial charge in [-0.25, -0.2) is 0 Å². The van der Waals surface area contributed by atoms with Crippen LogP contribution in [0, 0.1) is 5.41 Å². The van der Waals surface area contributed by atoms with E-state index in [1.54, 1.807) is 13.3 Å². The molecule has 2 fully saturated rings. The van der Waals surface area contributed by atoms with Crippen LogP contribution in [0.2, 0.25) is 0 Å². The summed E-state index contributed by atoms with van der Waals surface area (Å²) in [5, 5.41) is 15.4. The zero-order chi connectivity index (χ0) is 22.1. The van der Waals surface area contributed by atoms with E-state index in [4.69, 9.17) is 14.9 Å². The number of pyridine rings is 1. The van der Waals surface area contributed by atoms with Crippen LogP contribution in [-0.4, -0.2) is 79.6 Å². The summed E-state index contributed by atoms with van der Waals surface area (Å²) >= 11 is 0. The van der Waals surface area contributed by atoms with Crippen molar-refractivity contribution >= 4 is 17.3 Å². The molecule has 3 N–H and O–H groups in total. The Morgan fingerprint density at radius 1 is 1.45 bits per heavy atom. The number of hydrogen-bond donors (Lipinski definition) is 3. The zero-order valence-electron chi connectivity index (χ0n) is 18.6. The predicted octanol–water partition coefficient (Wildman–Crippen LogP) is 1.83. The standard InChI is InChI=1S/C23H35N5O3/c1-17(28(18-8-9-18)23(29)22-16-25-12-14-31-22)19(24)15-21(20-7-3-4-10-26-20)27-11-5-6-13-30-2/h3-4,7,10,15,17-18,22,24-25,27H,5-6,8-9,11-14,16H2,1-2H3/b21-15-,24-19?/t17-,22-/m1/s1. The maximum absolute atomic E-state index is 13.2. The van der Waals surface area contributed by atoms with Crippen molar-refractivity contribution in [2.75, 3.05) is 40.0 Å². The van der Waals surface area contributed by atoms with Crippen molar-refractivity contribution < 1.29 is 14.3 Å². The van der Waals surface area contributed by atoms with E-state index < -0.39 is 6.10 Å². The monoisotopic (exact) mass is 429 g/mol. The summed E-state index contributed by atoms with van der Waals surface area (Å²) in [7, 11) is 1.71. The van der Waals surface area contributed by atoms with E-state index in [0.29, 0.717) is 18.9 Å². The Hall–Kier alpha value is -2.29. The lowest BCUT2D eigenvalue weighted by molar-refractivity contribution is -0.146. The molecule has 1 saturated heterocycles. The van der Waals surface area contributed by atoms with Crippen LogP contribution in [0.3, 0.4) is 0 Å². The quantitative estimate of drug-likeness (QED) is 0.346. The summed E-state index contributed by atoms with van der Waals surface area (Å²) in [6.45, 7) is 5.26. The van der Waals surface area contributed by atoms with E-state index in [0.717, 1.165) is 56.8 Å². The van der Waals surface area contributed by atoms with Crippen molar-refractivity contribution in [3.8, 4) is 0 Å². The van der Waals surface area contributed by atoms with Gasteiger partial charge >= 0.3 is 0 Å². The van der Waals surface area contributed by atoms with Crippen molar-refractivity contribution in [3.63, 3.8) is 0 Å². The number of methoxy groups -OCH3 is 1. The first kappa shape index (κ1) is 23.4. The lowest BCUT2D eigenvalue weighted by atomic mass is 10.1. The van der Waals surface area contributed by atoms with E-state index in [1.807, 2.05) is 36.1 Å². The molecule has 31 heavy (non-hydrogen) atoms. The van der Waals surface area contributed by atoms with E-state index in [-0.39, 0.29) is 18.0 Å². The average Bonchev–Trinajstić information content (AvgIpc) is 3.64. The van der Waals surface area contributed by atoms with Crippen LogP contribution >= 0.6 is 0 Å². The fourth-order valence-electron chi connectivity index (χ4n) is 3.69. The van der Waals surface area contributed by atoms with Crippen LogP contribution in [0.25, 0.3) is 5.70 Å². The number of unbranched alkanes of at least 4 members (excludes halogenated alkanes) is 1. The van der Waals surface area contributed by atoms with Gasteiger partial charge in [0.2, 0.25) is 0 Å². The molecule has 2 heterocycles. The van der Waals surface area contributed by atoms with Crippen LogP contribution < -0.4 is 10.6 Å². The molecule has 8 nitrogen and oxygen atoms in total. The molecule has 0 radical (unpaired) electrons. The molecular weight excluding hydrogens is 394 g/mol. The van der Waals surface area contributed by atoms with Gasteiger partial charge in [0, 0.05) is 45.6 Å². The minimum Gasteiger partial charge on any atom is -0.385 e. The third-order valence-electron chi connectivity index (χ3n) is 5.60. The Kier molecular flexibility index (Phi) is 8.99. The van der Waals surface area contributed by atoms with Crippen LogP contribution in [0.4, 0.5) is 0 Å². The zero-order valence-corrected chi connectivity index (χ0v) is 18.6. The van der Waals surface area contributed by atoms with Crippen molar-refractivity contribution in [3.05, 3.63) is 36.2 Å². The van der Waals surface area contributed by atoms with Crippen molar-refractivity contribution in [2.24, 2.45) is 0 Å². The van der Waals surface area contributed by atoms with Crippen molar-refractivity contribution in [1.29, 1.82) is 5.41 Å². The van der Waals surface area contributed by atoms with Gasteiger partial charge < -0.3 is 30.4 Å². The normalized spacial score (nSPS) is 20.2. The molecule has 8 heteroatoms. The lowest BCUT2D eigenvalue weighted by Gasteiger charge is -2.34. The molecule has 170 valence electrons. The molecule has 1 amide bonds. The minimum absolute atomic E-state index is 0.0211. The highest BCUT2D eigenvalue weighted by Gasteiger charge is 2.40. The highest BCUT2D eigenvalue weighted by molar-refractivity contribution is 6.03. The van der Waals surface area contributed by atoms with Gasteiger partial charge in [-0.2, -0.15) is 0 Å². The third kappa shape index (κ3) is 6.85. The second-order valence-corrected chi connectivity index (χ2v) is 8.07. The number of amides is 1. The lowest BCUT2D eigenvalue weighted by Crippen LogP contribution is -2.54. The maximum Gasteiger partial charge on any atom is 0.253 e. The van der Waals surface area contributed by atoms with Gasteiger partial charge in [-0.3, -0.25) is 9.78 Å². The molecule has 1 aliphatic carbocycles. The Labute approximate surface area is 184 Å². The first-order valence-corrected chi connectivity index (χ1v) is 11.2. The first-order chi connectivity index (χ1) is 15.1. The Bertz CT molecular complexity index is 745. The summed E-state index contributed by atoms with van der Waals surface area (Å²) in [6.07, 6.45) is 6.98. The second kappa shape index (κ2) is 11.9. The van der Waals surface area contributed by atoms with Gasteiger partial charge in [-0.1, -0.05) is 6.07 Å². The van der Waals surface area contributed by atoms with Crippen molar-refractivity contribution in [1.82, 2.24) is 20.5 Å². The average molecular weight is 430 g/mol. The summed E-state index contributed by atoms with van der Waals surface area (Å²) in [5.74, 6) is -0.0211. The number of rotatable bonds is 12. The molecule has 2 atom stereocenters. The van der Waals surface area contributed by atoms with E-state index in [2.05, 4.69) is 15.6 Å². The fraction of sp³-hybridized carbons (Fsp3) is 0.609. The van der Waals surface area contributed by atoms with Gasteiger partial charge in [0.1, 0.15) is 6.10 Å². The summed E-state index contributed by atoms with van der Waals surface area (Å²) in [6, 6.07) is 5.60. The minimum atomic E-state index is -0.470. The molecule has 3 rings (SSSR count). The van der Waals surface area contributed by atoms with Gasteiger partial charge in [-0.05, 0) is 50.8 Å². The smallest absolute Gasteiger partial charge is 0.253 e. The molecule has 1 saturated carbocycles. The molecule has 0 aromatic carbocycles. The Morgan fingerprint density at radius 2 is 2.29 bits per heavy atom. The number of nitrogens with one attached hydrogen (secondary N) is 3. The molecular formula is C23H35N5O3. The van der Waals surface area contributed by atoms with Gasteiger partial charge in [0.05, 0.1) is 29.8 Å². The van der Waals surface area contributed by atoms with E-state index in [9.17, 15) is 4.79 Å². The topological polar surface area (TPSA) is 99.6 Å². The van der Waals surface area contributed by atoms with Gasteiger partial charge in [0.15, 0.2) is 0 Å². The number of hydrogen-bond acceptors (Lipinski definition) is 7. The van der Waals surface area contributed by atoms with Gasteiger partial charge in [0.25, 0.3) is 5.91 Å². The second-order valence-electron chi connectivity index (χ2n) is 8.07. The molecule has 1 aromatic rings. The summed E-state index contributed by atoms with van der Waals surface area (Å²) < 4.78 is 10.8. The van der Waals surface area contributed by atoms with Crippen molar-refractivity contribution in [2.45, 2.75) is 50.8 Å². The summed E-state index contributed by atoms with van der Waals surface area (Å²) in [4.78, 5) is 19.5. The Morgan fingerprint density at radius 3 is 2.94 bits per heavy atom. The number of carbonyl (C=O) groups is 1. The molecule has 1 aliphatic heterocycles. The van der Waals surface area contributed by atoms with Crippen LogP contribution in [-0.2, 0) is 14.3 Å². The highest BCUT2D eigenvalue weighted by Crippen LogP contribution is 2.30. The number of morpholine rings is 1. The molecule has 0 bridgehead atoms. The molecule has 2 aliphatic rings. The molecule has 0 unspecified atom stereocenters. The number of ether oxygens (including phenoxy) is 2. The molecule has 1 aromatic heterocycles. The largest absolute Gasteiger partial charge is 0.385 e. The van der Waals surface area contributed by atoms with Crippen LogP contribution in [0.5, 0.6) is 0 Å². The number of carbonyl (C=O) groups excluding carboxylic acids is 1. The highest BCUT2D eigenvalue weighted by atomic mass is 16.5. The fourth-order valence-corrected chi connectivity index (χ4v) is 3.69. The number of nitrogens with zero attached hydrogens (tertiary/aromatic N) is 2. The molecule has 0 spiro atoms. The third-order valence-corrected chi connectivity index (χ3v) is 5.60. The number of aromatic nitrogens is 1. The van der Waals surface area contributed by atoms with E-state index >= 15 is 0 Å². The summed E-state index contributed by atoms with van der Waals surface area (Å²) in [5.41, 5.74) is 1.97. The SMILES string of the molecule is COCCCCN/C(=C\C(=N)[C@@H](C)N(C(=O)[C@H]1CNCCO1)C1CC1)c1ccccn1. The Balaban J connectivity index is 1.71.